The number of benzene rings is 3. The molecule has 3 aromatic carbocycles. The van der Waals surface area contributed by atoms with E-state index in [-0.39, 0.29) is 23.4 Å². The van der Waals surface area contributed by atoms with Gasteiger partial charge < -0.3 is 19.9 Å². The average molecular weight is 365 g/mol. The maximum atomic E-state index is 12.5. The van der Waals surface area contributed by atoms with Crippen LogP contribution in [0.2, 0.25) is 0 Å². The van der Waals surface area contributed by atoms with E-state index < -0.39 is 11.9 Å². The van der Waals surface area contributed by atoms with Crippen molar-refractivity contribution in [1.82, 2.24) is 5.32 Å². The second-order valence-corrected chi connectivity index (χ2v) is 5.93. The number of phenols is 1. The van der Waals surface area contributed by atoms with Gasteiger partial charge in [-0.2, -0.15) is 0 Å². The highest BCUT2D eigenvalue weighted by atomic mass is 16.5. The molecule has 0 atom stereocenters. The number of phenolic OH excluding ortho intramolecular Hbond substituents is 1. The van der Waals surface area contributed by atoms with E-state index in [1.807, 2.05) is 24.3 Å². The molecular weight excluding hydrogens is 346 g/mol. The third-order valence-electron chi connectivity index (χ3n) is 4.23. The molecule has 0 aromatic heterocycles. The van der Waals surface area contributed by atoms with Crippen LogP contribution in [0.4, 0.5) is 0 Å². The number of fused-ring (bicyclic) bond motifs is 1. The highest BCUT2D eigenvalue weighted by Gasteiger charge is 2.15. The molecule has 3 aromatic rings. The first-order valence-electron chi connectivity index (χ1n) is 8.28. The standard InChI is InChI=1S/C21H19NO5/c1-26-19-8-7-13(9-17(19)21(25)27-2)12-22-20(24)16-10-14-5-3-4-6-15(14)11-18(16)23/h3-11,23H,12H2,1-2H3,(H,22,24). The summed E-state index contributed by atoms with van der Waals surface area (Å²) in [5.74, 6) is -0.624. The van der Waals surface area contributed by atoms with Crippen molar-refractivity contribution in [2.45, 2.75) is 6.54 Å². The van der Waals surface area contributed by atoms with Crippen molar-refractivity contribution in [2.24, 2.45) is 0 Å². The Balaban J connectivity index is 1.80. The number of hydrogen-bond acceptors (Lipinski definition) is 5. The minimum atomic E-state index is -0.521. The topological polar surface area (TPSA) is 84.9 Å². The molecule has 27 heavy (non-hydrogen) atoms. The third-order valence-corrected chi connectivity index (χ3v) is 4.23. The average Bonchev–Trinajstić information content (AvgIpc) is 2.70. The Hall–Kier alpha value is -3.54. The first-order chi connectivity index (χ1) is 13.0. The highest BCUT2D eigenvalue weighted by molar-refractivity contribution is 6.01. The fourth-order valence-corrected chi connectivity index (χ4v) is 2.82. The number of nitrogens with one attached hydrogen (secondary N) is 1. The Morgan fingerprint density at radius 1 is 0.963 bits per heavy atom. The lowest BCUT2D eigenvalue weighted by Gasteiger charge is -2.11. The lowest BCUT2D eigenvalue weighted by Crippen LogP contribution is -2.23. The van der Waals surface area contributed by atoms with Crippen LogP contribution >= 0.6 is 0 Å². The van der Waals surface area contributed by atoms with Crippen molar-refractivity contribution in [3.8, 4) is 11.5 Å². The van der Waals surface area contributed by atoms with Gasteiger partial charge in [0.05, 0.1) is 19.8 Å². The van der Waals surface area contributed by atoms with Crippen LogP contribution in [0.25, 0.3) is 10.8 Å². The summed E-state index contributed by atoms with van der Waals surface area (Å²) < 4.78 is 9.90. The lowest BCUT2D eigenvalue weighted by molar-refractivity contribution is 0.0597. The molecule has 6 heteroatoms. The highest BCUT2D eigenvalue weighted by Crippen LogP contribution is 2.25. The van der Waals surface area contributed by atoms with Crippen LogP contribution in [-0.2, 0) is 11.3 Å². The summed E-state index contributed by atoms with van der Waals surface area (Å²) in [6.45, 7) is 0.180. The van der Waals surface area contributed by atoms with Gasteiger partial charge in [0.2, 0.25) is 0 Å². The molecule has 0 saturated carbocycles. The van der Waals surface area contributed by atoms with Crippen LogP contribution in [0.5, 0.6) is 11.5 Å². The number of carbonyl (C=O) groups excluding carboxylic acids is 2. The summed E-state index contributed by atoms with van der Waals surface area (Å²) in [6, 6.07) is 15.7. The summed E-state index contributed by atoms with van der Waals surface area (Å²) in [5, 5.41) is 14.6. The molecule has 0 saturated heterocycles. The Kier molecular flexibility index (Phi) is 5.26. The van der Waals surface area contributed by atoms with Crippen LogP contribution in [0, 0.1) is 0 Å². The van der Waals surface area contributed by atoms with Crippen molar-refractivity contribution in [3.63, 3.8) is 0 Å². The quantitative estimate of drug-likeness (QED) is 0.678. The van der Waals surface area contributed by atoms with Gasteiger partial charge in [0.1, 0.15) is 17.1 Å². The van der Waals surface area contributed by atoms with Crippen molar-refractivity contribution in [1.29, 1.82) is 0 Å². The second kappa shape index (κ2) is 7.78. The van der Waals surface area contributed by atoms with Crippen molar-refractivity contribution >= 4 is 22.6 Å². The van der Waals surface area contributed by atoms with Crippen LogP contribution in [0.15, 0.2) is 54.6 Å². The number of esters is 1. The van der Waals surface area contributed by atoms with Crippen molar-refractivity contribution in [3.05, 3.63) is 71.3 Å². The predicted molar refractivity (Wildman–Crippen MR) is 101 cm³/mol. The van der Waals surface area contributed by atoms with Gasteiger partial charge in [-0.3, -0.25) is 4.79 Å². The largest absolute Gasteiger partial charge is 0.507 e. The molecule has 0 aliphatic heterocycles. The fourth-order valence-electron chi connectivity index (χ4n) is 2.82. The summed E-state index contributed by atoms with van der Waals surface area (Å²) in [4.78, 5) is 24.3. The minimum absolute atomic E-state index is 0.0869. The van der Waals surface area contributed by atoms with Gasteiger partial charge in [-0.05, 0) is 40.6 Å². The van der Waals surface area contributed by atoms with Gasteiger partial charge in [0, 0.05) is 6.54 Å². The number of ether oxygens (including phenoxy) is 2. The molecule has 0 bridgehead atoms. The van der Waals surface area contributed by atoms with Gasteiger partial charge in [0.15, 0.2) is 0 Å². The Labute approximate surface area is 156 Å². The molecule has 138 valence electrons. The third kappa shape index (κ3) is 3.84. The van der Waals surface area contributed by atoms with E-state index in [1.54, 1.807) is 30.3 Å². The summed E-state index contributed by atoms with van der Waals surface area (Å²) >= 11 is 0. The van der Waals surface area contributed by atoms with E-state index in [2.05, 4.69) is 5.32 Å². The van der Waals surface area contributed by atoms with E-state index in [1.165, 1.54) is 14.2 Å². The maximum absolute atomic E-state index is 12.5. The van der Waals surface area contributed by atoms with E-state index in [0.717, 1.165) is 10.8 Å². The number of carbonyl (C=O) groups is 2. The van der Waals surface area contributed by atoms with Gasteiger partial charge in [0.25, 0.3) is 5.91 Å². The summed E-state index contributed by atoms with van der Waals surface area (Å²) in [5.41, 5.74) is 1.17. The normalized spacial score (nSPS) is 10.4. The zero-order chi connectivity index (χ0) is 19.4. The van der Waals surface area contributed by atoms with Gasteiger partial charge in [-0.25, -0.2) is 4.79 Å². The number of aromatic hydroxyl groups is 1. The SMILES string of the molecule is COC(=O)c1cc(CNC(=O)c2cc3ccccc3cc2O)ccc1OC. The Morgan fingerprint density at radius 2 is 1.67 bits per heavy atom. The minimum Gasteiger partial charge on any atom is -0.507 e. The number of methoxy groups -OCH3 is 2. The van der Waals surface area contributed by atoms with E-state index in [0.29, 0.717) is 11.3 Å². The molecule has 0 unspecified atom stereocenters. The van der Waals surface area contributed by atoms with Gasteiger partial charge in [-0.15, -0.1) is 0 Å². The summed E-state index contributed by atoms with van der Waals surface area (Å²) in [6.07, 6.45) is 0. The van der Waals surface area contributed by atoms with Crippen LogP contribution in [0.1, 0.15) is 26.3 Å². The van der Waals surface area contributed by atoms with Gasteiger partial charge in [-0.1, -0.05) is 30.3 Å². The molecular formula is C21H19NO5. The number of amides is 1. The fraction of sp³-hybridized carbons (Fsp3) is 0.143. The first-order valence-corrected chi connectivity index (χ1v) is 8.28. The molecule has 6 nitrogen and oxygen atoms in total. The second-order valence-electron chi connectivity index (χ2n) is 5.93. The monoisotopic (exact) mass is 365 g/mol. The van der Waals surface area contributed by atoms with Crippen LogP contribution < -0.4 is 10.1 Å². The van der Waals surface area contributed by atoms with Crippen LogP contribution in [-0.4, -0.2) is 31.2 Å². The number of rotatable bonds is 5. The van der Waals surface area contributed by atoms with Crippen LogP contribution in [0.3, 0.4) is 0 Å². The molecule has 0 spiro atoms. The summed E-state index contributed by atoms with van der Waals surface area (Å²) in [7, 11) is 2.75. The smallest absolute Gasteiger partial charge is 0.341 e. The van der Waals surface area contributed by atoms with E-state index >= 15 is 0 Å². The molecule has 0 aliphatic rings. The molecule has 0 heterocycles. The van der Waals surface area contributed by atoms with E-state index in [9.17, 15) is 14.7 Å². The molecule has 0 radical (unpaired) electrons. The van der Waals surface area contributed by atoms with Crippen molar-refractivity contribution in [2.75, 3.05) is 14.2 Å². The lowest BCUT2D eigenvalue weighted by atomic mass is 10.1. The maximum Gasteiger partial charge on any atom is 0.341 e. The van der Waals surface area contributed by atoms with Gasteiger partial charge >= 0.3 is 5.97 Å². The Morgan fingerprint density at radius 3 is 2.33 bits per heavy atom. The first kappa shape index (κ1) is 18.3. The molecule has 1 amide bonds. The number of hydrogen-bond donors (Lipinski definition) is 2. The zero-order valence-electron chi connectivity index (χ0n) is 15.0. The molecule has 0 fully saturated rings. The molecule has 0 aliphatic carbocycles. The van der Waals surface area contributed by atoms with Crippen molar-refractivity contribution < 1.29 is 24.2 Å². The zero-order valence-corrected chi connectivity index (χ0v) is 15.0. The molecule has 3 rings (SSSR count). The predicted octanol–water partition coefficient (Wildman–Crippen LogP) is 3.27. The van der Waals surface area contributed by atoms with E-state index in [4.69, 9.17) is 9.47 Å². The Bertz CT molecular complexity index is 1010. The molecule has 2 N–H and O–H groups in total.